The van der Waals surface area contributed by atoms with Crippen LogP contribution in [0.4, 0.5) is 4.39 Å². The Hall–Kier alpha value is -3.48. The van der Waals surface area contributed by atoms with E-state index >= 15 is 0 Å². The van der Waals surface area contributed by atoms with Gasteiger partial charge in [0.1, 0.15) is 5.82 Å². The van der Waals surface area contributed by atoms with Crippen molar-refractivity contribution in [3.05, 3.63) is 82.3 Å². The summed E-state index contributed by atoms with van der Waals surface area (Å²) in [5, 5.41) is 0. The molecule has 2 aromatic carbocycles. The molecule has 1 saturated heterocycles. The second kappa shape index (κ2) is 10.8. The predicted octanol–water partition coefficient (Wildman–Crippen LogP) is 4.81. The highest BCUT2D eigenvalue weighted by atomic mass is 19.1. The molecule has 1 unspecified atom stereocenters. The number of amides is 2. The van der Waals surface area contributed by atoms with Gasteiger partial charge in [0.25, 0.3) is 5.91 Å². The molecule has 1 atom stereocenters. The smallest absolute Gasteiger partial charge is 0.336 e. The first-order valence-corrected chi connectivity index (χ1v) is 12.2. The van der Waals surface area contributed by atoms with Gasteiger partial charge in [-0.3, -0.25) is 9.59 Å². The summed E-state index contributed by atoms with van der Waals surface area (Å²) in [5.41, 5.74) is 3.02. The zero-order valence-electron chi connectivity index (χ0n) is 20.3. The molecule has 0 radical (unpaired) electrons. The first-order valence-electron chi connectivity index (χ1n) is 12.2. The molecule has 7 heteroatoms. The van der Waals surface area contributed by atoms with Gasteiger partial charge >= 0.3 is 5.97 Å². The van der Waals surface area contributed by atoms with Crippen LogP contribution in [0.5, 0.6) is 0 Å². The molecular weight excluding hydrogens is 447 g/mol. The van der Waals surface area contributed by atoms with Crippen LogP contribution in [0, 0.1) is 5.82 Å². The summed E-state index contributed by atoms with van der Waals surface area (Å²) < 4.78 is 18.8. The van der Waals surface area contributed by atoms with Crippen molar-refractivity contribution in [3.63, 3.8) is 0 Å². The van der Waals surface area contributed by atoms with E-state index in [4.69, 9.17) is 4.74 Å². The molecular formula is C28H31FN2O4. The molecule has 2 aliphatic heterocycles. The summed E-state index contributed by atoms with van der Waals surface area (Å²) in [7, 11) is 0. The Morgan fingerprint density at radius 1 is 1.06 bits per heavy atom. The molecule has 2 aliphatic rings. The molecule has 0 aliphatic carbocycles. The van der Waals surface area contributed by atoms with E-state index < -0.39 is 11.9 Å². The van der Waals surface area contributed by atoms with Crippen LogP contribution in [0.3, 0.4) is 0 Å². The van der Waals surface area contributed by atoms with Gasteiger partial charge in [0.05, 0.1) is 18.7 Å². The van der Waals surface area contributed by atoms with E-state index in [1.807, 2.05) is 23.1 Å². The van der Waals surface area contributed by atoms with Gasteiger partial charge in [-0.15, -0.1) is 0 Å². The molecule has 0 aromatic heterocycles. The van der Waals surface area contributed by atoms with Crippen LogP contribution in [0.25, 0.3) is 0 Å². The topological polar surface area (TPSA) is 66.9 Å². The van der Waals surface area contributed by atoms with Crippen molar-refractivity contribution < 1.29 is 23.5 Å². The molecule has 4 rings (SSSR count). The third-order valence-electron chi connectivity index (χ3n) is 6.75. The lowest BCUT2D eigenvalue weighted by Crippen LogP contribution is -2.38. The number of likely N-dealkylation sites (tertiary alicyclic amines) is 1. The standard InChI is InChI=1S/C28H31FN2O4/c1-3-35-28(34)26-19(2)31(25(32)17-24(26)21-10-12-23(29)13-11-21)18-20-8-7-9-22(16-20)27(33)30-14-5-4-6-15-30/h7-13,16,24H,3-6,14-15,17-18H2,1-2H3. The van der Waals surface area contributed by atoms with E-state index in [1.165, 1.54) is 12.1 Å². The van der Waals surface area contributed by atoms with E-state index in [1.54, 1.807) is 36.9 Å². The lowest BCUT2D eigenvalue weighted by Gasteiger charge is -2.34. The summed E-state index contributed by atoms with van der Waals surface area (Å²) in [5.74, 6) is -1.50. The Bertz CT molecular complexity index is 1140. The number of hydrogen-bond acceptors (Lipinski definition) is 4. The number of esters is 1. The van der Waals surface area contributed by atoms with Crippen molar-refractivity contribution in [2.24, 2.45) is 0 Å². The summed E-state index contributed by atoms with van der Waals surface area (Å²) >= 11 is 0. The molecule has 0 saturated carbocycles. The van der Waals surface area contributed by atoms with Gasteiger partial charge in [-0.25, -0.2) is 9.18 Å². The molecule has 2 amide bonds. The molecule has 184 valence electrons. The predicted molar refractivity (Wildman–Crippen MR) is 130 cm³/mol. The van der Waals surface area contributed by atoms with Crippen LogP contribution in [0.15, 0.2) is 59.8 Å². The number of carbonyl (C=O) groups excluding carboxylic acids is 3. The van der Waals surface area contributed by atoms with Crippen molar-refractivity contribution in [3.8, 4) is 0 Å². The molecule has 0 N–H and O–H groups in total. The Balaban J connectivity index is 1.63. The van der Waals surface area contributed by atoms with Gasteiger partial charge < -0.3 is 14.5 Å². The molecule has 35 heavy (non-hydrogen) atoms. The van der Waals surface area contributed by atoms with Crippen molar-refractivity contribution >= 4 is 17.8 Å². The van der Waals surface area contributed by atoms with E-state index in [0.717, 1.165) is 37.9 Å². The van der Waals surface area contributed by atoms with E-state index in [-0.39, 0.29) is 37.2 Å². The van der Waals surface area contributed by atoms with Gasteiger partial charge in [-0.1, -0.05) is 24.3 Å². The van der Waals surface area contributed by atoms with Crippen LogP contribution >= 0.6 is 0 Å². The average molecular weight is 479 g/mol. The van der Waals surface area contributed by atoms with Gasteiger partial charge in [-0.2, -0.15) is 0 Å². The Morgan fingerprint density at radius 3 is 2.46 bits per heavy atom. The highest BCUT2D eigenvalue weighted by Crippen LogP contribution is 2.37. The number of carbonyl (C=O) groups is 3. The van der Waals surface area contributed by atoms with E-state index in [9.17, 15) is 18.8 Å². The number of piperidine rings is 1. The van der Waals surface area contributed by atoms with Crippen molar-refractivity contribution in [1.29, 1.82) is 0 Å². The second-order valence-corrected chi connectivity index (χ2v) is 9.06. The van der Waals surface area contributed by atoms with Crippen LogP contribution in [-0.4, -0.2) is 47.3 Å². The Kier molecular flexibility index (Phi) is 7.63. The first kappa shape index (κ1) is 24.6. The summed E-state index contributed by atoms with van der Waals surface area (Å²) in [6.45, 7) is 5.46. The lowest BCUT2D eigenvalue weighted by molar-refractivity contribution is -0.140. The largest absolute Gasteiger partial charge is 0.463 e. The zero-order valence-corrected chi connectivity index (χ0v) is 20.3. The van der Waals surface area contributed by atoms with Crippen LogP contribution in [0.1, 0.15) is 66.9 Å². The summed E-state index contributed by atoms with van der Waals surface area (Å²) in [6.07, 6.45) is 3.25. The van der Waals surface area contributed by atoms with Gasteiger partial charge in [0.15, 0.2) is 0 Å². The van der Waals surface area contributed by atoms with E-state index in [0.29, 0.717) is 22.4 Å². The molecule has 6 nitrogen and oxygen atoms in total. The Labute approximate surface area is 205 Å². The number of halogens is 1. The molecule has 0 spiro atoms. The normalized spacial score (nSPS) is 18.6. The van der Waals surface area contributed by atoms with Gasteiger partial charge in [-0.05, 0) is 68.5 Å². The highest BCUT2D eigenvalue weighted by molar-refractivity contribution is 5.96. The third-order valence-corrected chi connectivity index (χ3v) is 6.75. The molecule has 2 heterocycles. The number of ether oxygens (including phenoxy) is 1. The van der Waals surface area contributed by atoms with Crippen LogP contribution in [0.2, 0.25) is 0 Å². The molecule has 2 aromatic rings. The third kappa shape index (κ3) is 5.45. The average Bonchev–Trinajstić information content (AvgIpc) is 2.87. The highest BCUT2D eigenvalue weighted by Gasteiger charge is 2.37. The monoisotopic (exact) mass is 478 g/mol. The molecule has 1 fully saturated rings. The number of hydrogen-bond donors (Lipinski definition) is 0. The lowest BCUT2D eigenvalue weighted by atomic mass is 9.83. The van der Waals surface area contributed by atoms with Crippen LogP contribution in [-0.2, 0) is 20.9 Å². The second-order valence-electron chi connectivity index (χ2n) is 9.06. The molecule has 0 bridgehead atoms. The maximum Gasteiger partial charge on any atom is 0.336 e. The first-order chi connectivity index (χ1) is 16.9. The fourth-order valence-electron chi connectivity index (χ4n) is 4.92. The number of allylic oxidation sites excluding steroid dienone is 1. The number of nitrogens with zero attached hydrogens (tertiary/aromatic N) is 2. The fraction of sp³-hybridized carbons (Fsp3) is 0.393. The fourth-order valence-corrected chi connectivity index (χ4v) is 4.92. The van der Waals surface area contributed by atoms with Crippen molar-refractivity contribution in [2.75, 3.05) is 19.7 Å². The minimum atomic E-state index is -0.509. The minimum absolute atomic E-state index is 0.00683. The quantitative estimate of drug-likeness (QED) is 0.559. The van der Waals surface area contributed by atoms with E-state index in [2.05, 4.69) is 0 Å². The zero-order chi connectivity index (χ0) is 24.9. The number of benzene rings is 2. The SMILES string of the molecule is CCOC(=O)C1=C(C)N(Cc2cccc(C(=O)N3CCCCC3)c2)C(=O)CC1c1ccc(F)cc1. The van der Waals surface area contributed by atoms with Crippen molar-refractivity contribution in [1.82, 2.24) is 9.80 Å². The maximum absolute atomic E-state index is 13.5. The maximum atomic E-state index is 13.5. The summed E-state index contributed by atoms with van der Waals surface area (Å²) in [6, 6.07) is 13.2. The van der Waals surface area contributed by atoms with Crippen LogP contribution < -0.4 is 0 Å². The Morgan fingerprint density at radius 2 is 1.77 bits per heavy atom. The summed E-state index contributed by atoms with van der Waals surface area (Å²) in [4.78, 5) is 42.6. The minimum Gasteiger partial charge on any atom is -0.463 e. The van der Waals surface area contributed by atoms with Gasteiger partial charge in [0.2, 0.25) is 5.91 Å². The number of rotatable bonds is 6. The van der Waals surface area contributed by atoms with Gasteiger partial charge in [0, 0.05) is 36.7 Å². The van der Waals surface area contributed by atoms with Crippen molar-refractivity contribution in [2.45, 2.75) is 52.0 Å².